The molecule has 0 aliphatic carbocycles. The van der Waals surface area contributed by atoms with Crippen LogP contribution < -0.4 is 5.43 Å². The average molecular weight is 197 g/mol. The van der Waals surface area contributed by atoms with Crippen LogP contribution in [0.2, 0.25) is 0 Å². The Labute approximate surface area is 82.4 Å². The van der Waals surface area contributed by atoms with Gasteiger partial charge in [0.15, 0.2) is 5.43 Å². The molecule has 0 aromatic carbocycles. The van der Waals surface area contributed by atoms with Gasteiger partial charge >= 0.3 is 0 Å². The lowest BCUT2D eigenvalue weighted by atomic mass is 10.2. The maximum absolute atomic E-state index is 11.1. The highest BCUT2D eigenvalue weighted by Gasteiger charge is 2.06. The molecule has 1 unspecified atom stereocenters. The Bertz CT molecular complexity index is 344. The summed E-state index contributed by atoms with van der Waals surface area (Å²) in [5, 5.41) is 18.0. The third-order valence-electron chi connectivity index (χ3n) is 2.16. The molecule has 1 heterocycles. The molecule has 4 heteroatoms. The molecular weight excluding hydrogens is 182 g/mol. The van der Waals surface area contributed by atoms with Gasteiger partial charge in [0, 0.05) is 23.5 Å². The zero-order chi connectivity index (χ0) is 10.7. The van der Waals surface area contributed by atoms with Crippen molar-refractivity contribution >= 4 is 0 Å². The zero-order valence-electron chi connectivity index (χ0n) is 8.40. The van der Waals surface area contributed by atoms with Crippen LogP contribution >= 0.6 is 0 Å². The van der Waals surface area contributed by atoms with Gasteiger partial charge in [-0.3, -0.25) is 4.79 Å². The fourth-order valence-corrected chi connectivity index (χ4v) is 1.44. The normalized spacial score (nSPS) is 12.9. The second-order valence-electron chi connectivity index (χ2n) is 3.42. The van der Waals surface area contributed by atoms with E-state index in [1.807, 2.05) is 4.57 Å². The van der Waals surface area contributed by atoms with Crippen LogP contribution in [0.15, 0.2) is 16.9 Å². The van der Waals surface area contributed by atoms with Crippen molar-refractivity contribution in [1.82, 2.24) is 4.57 Å². The Morgan fingerprint density at radius 2 is 1.86 bits per heavy atom. The summed E-state index contributed by atoms with van der Waals surface area (Å²) in [6, 6.07) is 3.02. The fourth-order valence-electron chi connectivity index (χ4n) is 1.44. The highest BCUT2D eigenvalue weighted by molar-refractivity contribution is 5.12. The molecule has 14 heavy (non-hydrogen) atoms. The zero-order valence-corrected chi connectivity index (χ0v) is 8.40. The minimum atomic E-state index is -0.782. The number of aliphatic hydroxyl groups is 2. The van der Waals surface area contributed by atoms with Crippen molar-refractivity contribution in [1.29, 1.82) is 0 Å². The number of aliphatic hydroxyl groups excluding tert-OH is 2. The molecule has 0 amide bonds. The molecule has 0 bridgehead atoms. The molecule has 0 fully saturated rings. The Morgan fingerprint density at radius 1 is 1.36 bits per heavy atom. The van der Waals surface area contributed by atoms with Crippen LogP contribution in [0.25, 0.3) is 0 Å². The van der Waals surface area contributed by atoms with Gasteiger partial charge in [0.05, 0.1) is 19.3 Å². The summed E-state index contributed by atoms with van der Waals surface area (Å²) in [5.41, 5.74) is 1.56. The topological polar surface area (TPSA) is 62.5 Å². The van der Waals surface area contributed by atoms with Gasteiger partial charge in [0.25, 0.3) is 0 Å². The van der Waals surface area contributed by atoms with E-state index in [4.69, 9.17) is 5.11 Å². The molecule has 78 valence electrons. The van der Waals surface area contributed by atoms with Gasteiger partial charge in [0.1, 0.15) is 0 Å². The SMILES string of the molecule is Cc1cc(=O)cc(C)n1CC(O)CO. The number of hydrogen-bond acceptors (Lipinski definition) is 3. The van der Waals surface area contributed by atoms with E-state index in [0.29, 0.717) is 6.54 Å². The summed E-state index contributed by atoms with van der Waals surface area (Å²) < 4.78 is 1.81. The Morgan fingerprint density at radius 3 is 2.29 bits per heavy atom. The van der Waals surface area contributed by atoms with E-state index < -0.39 is 6.10 Å². The fraction of sp³-hybridized carbons (Fsp3) is 0.500. The van der Waals surface area contributed by atoms with Crippen LogP contribution in [0.5, 0.6) is 0 Å². The van der Waals surface area contributed by atoms with E-state index in [0.717, 1.165) is 11.4 Å². The van der Waals surface area contributed by atoms with Gasteiger partial charge in [0.2, 0.25) is 0 Å². The number of nitrogens with zero attached hydrogens (tertiary/aromatic N) is 1. The first-order valence-corrected chi connectivity index (χ1v) is 4.51. The highest BCUT2D eigenvalue weighted by atomic mass is 16.3. The van der Waals surface area contributed by atoms with E-state index >= 15 is 0 Å². The van der Waals surface area contributed by atoms with Crippen LogP contribution in [-0.4, -0.2) is 27.5 Å². The third-order valence-corrected chi connectivity index (χ3v) is 2.16. The largest absolute Gasteiger partial charge is 0.394 e. The first-order valence-electron chi connectivity index (χ1n) is 4.51. The third kappa shape index (κ3) is 2.43. The molecule has 0 aliphatic rings. The molecule has 1 rings (SSSR count). The average Bonchev–Trinajstić information content (AvgIpc) is 2.10. The molecule has 0 aliphatic heterocycles. The first kappa shape index (κ1) is 10.9. The standard InChI is InChI=1S/C10H15NO3/c1-7-3-9(13)4-8(2)11(7)5-10(14)6-12/h3-4,10,12,14H,5-6H2,1-2H3. The second kappa shape index (κ2) is 4.39. The maximum atomic E-state index is 11.1. The van der Waals surface area contributed by atoms with E-state index in [1.165, 1.54) is 12.1 Å². The number of rotatable bonds is 3. The molecule has 4 nitrogen and oxygen atoms in total. The van der Waals surface area contributed by atoms with Crippen LogP contribution in [0.4, 0.5) is 0 Å². The van der Waals surface area contributed by atoms with Crippen LogP contribution in [-0.2, 0) is 6.54 Å². The summed E-state index contributed by atoms with van der Waals surface area (Å²) in [6.07, 6.45) is -0.782. The van der Waals surface area contributed by atoms with Crippen LogP contribution in [0.3, 0.4) is 0 Å². The lowest BCUT2D eigenvalue weighted by molar-refractivity contribution is 0.0801. The Balaban J connectivity index is 3.02. The minimum Gasteiger partial charge on any atom is -0.394 e. The second-order valence-corrected chi connectivity index (χ2v) is 3.42. The lowest BCUT2D eigenvalue weighted by Gasteiger charge is -2.16. The van der Waals surface area contributed by atoms with Crippen molar-refractivity contribution in [3.8, 4) is 0 Å². The quantitative estimate of drug-likeness (QED) is 0.706. The van der Waals surface area contributed by atoms with Crippen molar-refractivity contribution in [2.24, 2.45) is 0 Å². The summed E-state index contributed by atoms with van der Waals surface area (Å²) in [6.45, 7) is 3.65. The molecule has 0 radical (unpaired) electrons. The maximum Gasteiger partial charge on any atom is 0.182 e. The van der Waals surface area contributed by atoms with E-state index in [1.54, 1.807) is 13.8 Å². The minimum absolute atomic E-state index is 0.0326. The smallest absolute Gasteiger partial charge is 0.182 e. The molecule has 0 spiro atoms. The molecule has 0 saturated heterocycles. The van der Waals surface area contributed by atoms with Crippen molar-refractivity contribution < 1.29 is 10.2 Å². The molecule has 1 aromatic rings. The Kier molecular flexibility index (Phi) is 3.43. The highest BCUT2D eigenvalue weighted by Crippen LogP contribution is 2.02. The van der Waals surface area contributed by atoms with Gasteiger partial charge < -0.3 is 14.8 Å². The van der Waals surface area contributed by atoms with Gasteiger partial charge in [-0.1, -0.05) is 0 Å². The molecule has 0 saturated carbocycles. The predicted molar refractivity (Wildman–Crippen MR) is 53.3 cm³/mol. The number of pyridine rings is 1. The van der Waals surface area contributed by atoms with Crippen LogP contribution in [0, 0.1) is 13.8 Å². The number of hydrogen-bond donors (Lipinski definition) is 2. The van der Waals surface area contributed by atoms with E-state index in [-0.39, 0.29) is 12.0 Å². The summed E-state index contributed by atoms with van der Waals surface area (Å²) in [7, 11) is 0. The summed E-state index contributed by atoms with van der Waals surface area (Å²) in [5.74, 6) is 0. The van der Waals surface area contributed by atoms with Gasteiger partial charge in [-0.2, -0.15) is 0 Å². The van der Waals surface area contributed by atoms with Crippen LogP contribution in [0.1, 0.15) is 11.4 Å². The summed E-state index contributed by atoms with van der Waals surface area (Å²) >= 11 is 0. The number of aromatic nitrogens is 1. The predicted octanol–water partition coefficient (Wildman–Crippen LogP) is -0.182. The van der Waals surface area contributed by atoms with Gasteiger partial charge in [-0.25, -0.2) is 0 Å². The molecule has 2 N–H and O–H groups in total. The van der Waals surface area contributed by atoms with Gasteiger partial charge in [-0.15, -0.1) is 0 Å². The Hall–Kier alpha value is -1.13. The molecular formula is C10H15NO3. The van der Waals surface area contributed by atoms with Crippen molar-refractivity contribution in [2.45, 2.75) is 26.5 Å². The summed E-state index contributed by atoms with van der Waals surface area (Å²) in [4.78, 5) is 11.1. The molecule has 1 aromatic heterocycles. The first-order chi connectivity index (χ1) is 6.54. The van der Waals surface area contributed by atoms with Gasteiger partial charge in [-0.05, 0) is 13.8 Å². The number of aryl methyl sites for hydroxylation is 2. The van der Waals surface area contributed by atoms with Crippen molar-refractivity contribution in [3.05, 3.63) is 33.7 Å². The van der Waals surface area contributed by atoms with Crippen molar-refractivity contribution in [2.75, 3.05) is 6.61 Å². The van der Waals surface area contributed by atoms with E-state index in [9.17, 15) is 9.90 Å². The van der Waals surface area contributed by atoms with E-state index in [2.05, 4.69) is 0 Å². The lowest BCUT2D eigenvalue weighted by Crippen LogP contribution is -2.24. The monoisotopic (exact) mass is 197 g/mol. The molecule has 1 atom stereocenters. The van der Waals surface area contributed by atoms with Crippen molar-refractivity contribution in [3.63, 3.8) is 0 Å².